The number of phenols is 2. The summed E-state index contributed by atoms with van der Waals surface area (Å²) in [7, 11) is 0. The maximum Gasteiger partial charge on any atom is 0.325 e. The van der Waals surface area contributed by atoms with Gasteiger partial charge in [-0.15, -0.1) is 0 Å². The number of benzene rings is 3. The molecule has 0 saturated carbocycles. The van der Waals surface area contributed by atoms with Gasteiger partial charge in [-0.3, -0.25) is 35.8 Å². The van der Waals surface area contributed by atoms with Crippen LogP contribution in [-0.4, -0.2) is 92.2 Å². The van der Waals surface area contributed by atoms with Crippen molar-refractivity contribution in [2.75, 3.05) is 37.6 Å². The number of carbonyl (C=O) groups excluding carboxylic acids is 3. The molecule has 0 bridgehead atoms. The number of aryl methyl sites for hydroxylation is 1. The van der Waals surface area contributed by atoms with Crippen molar-refractivity contribution >= 4 is 51.7 Å². The third kappa shape index (κ3) is 8.66. The highest BCUT2D eigenvalue weighted by molar-refractivity contribution is 6.32. The Kier molecular flexibility index (Phi) is 11.9. The molecule has 308 valence electrons. The molecule has 0 unspecified atom stereocenters. The van der Waals surface area contributed by atoms with Gasteiger partial charge in [0.05, 0.1) is 28.2 Å². The summed E-state index contributed by atoms with van der Waals surface area (Å²) < 4.78 is 0. The van der Waals surface area contributed by atoms with Crippen LogP contribution in [0, 0.1) is 17.7 Å². The van der Waals surface area contributed by atoms with E-state index >= 15 is 0 Å². The largest absolute Gasteiger partial charge is 0.508 e. The van der Waals surface area contributed by atoms with E-state index in [4.69, 9.17) is 11.1 Å². The van der Waals surface area contributed by atoms with Crippen LogP contribution in [0.25, 0.3) is 16.5 Å². The van der Waals surface area contributed by atoms with Gasteiger partial charge in [-0.2, -0.15) is 0 Å². The lowest BCUT2D eigenvalue weighted by molar-refractivity contribution is 0.0932. The molecular weight excluding hydrogens is 761 g/mol. The van der Waals surface area contributed by atoms with E-state index in [1.165, 1.54) is 6.07 Å². The number of phenolic OH excluding ortho intramolecular Hbond substituents is 2. The number of nitrogens with zero attached hydrogens (tertiary/aromatic N) is 5. The zero-order chi connectivity index (χ0) is 42.7. The van der Waals surface area contributed by atoms with Crippen LogP contribution in [0.4, 0.5) is 15.3 Å². The van der Waals surface area contributed by atoms with Crippen LogP contribution in [-0.2, 0) is 6.54 Å². The van der Waals surface area contributed by atoms with Crippen LogP contribution >= 0.6 is 0 Å². The maximum atomic E-state index is 13.6. The van der Waals surface area contributed by atoms with Crippen LogP contribution in [0.1, 0.15) is 76.6 Å². The molecule has 2 aromatic heterocycles. The Balaban J connectivity index is 0.990. The first kappa shape index (κ1) is 41.0. The van der Waals surface area contributed by atoms with Crippen molar-refractivity contribution in [2.45, 2.75) is 46.1 Å². The fraction of sp³-hybridized carbons (Fsp3) is 0.267. The number of allylic oxidation sites excluding steroid dienone is 2. The standard InChI is InChI=1S/C45H48N10O5/c1-26(2)32-23-34(39(57)24-38(32)56)42(47)55(44(48)59)30-12-9-28(10-13-30)25-53-18-20-54(21-19-53)45(60)52-43(58)29-11-14-35-33(22-29)31(15-17-50-35)40(36-8-5-16-49-36)41(46)37-7-4-6-27(3)51-37/h4,6-7,9-15,17,22-24,26,46-47,49,56-57H,5,8,16,18-21,25H2,1-3H3,(H2,48,59)(H,52,58,60)/b40-36-,46-41?,47-42?. The van der Waals surface area contributed by atoms with Crippen molar-refractivity contribution in [1.82, 2.24) is 30.4 Å². The number of piperazine rings is 1. The fourth-order valence-corrected chi connectivity index (χ4v) is 7.67. The molecule has 5 amide bonds. The average Bonchev–Trinajstić information content (AvgIpc) is 3.76. The van der Waals surface area contributed by atoms with E-state index in [2.05, 4.69) is 25.5 Å². The Morgan fingerprint density at radius 1 is 0.933 bits per heavy atom. The number of rotatable bonds is 9. The lowest BCUT2D eigenvalue weighted by atomic mass is 9.92. The van der Waals surface area contributed by atoms with Crippen molar-refractivity contribution in [3.8, 4) is 11.5 Å². The second kappa shape index (κ2) is 17.4. The molecule has 2 saturated heterocycles. The number of hydrogen-bond donors (Lipinski definition) is 7. The van der Waals surface area contributed by atoms with Gasteiger partial charge < -0.3 is 26.2 Å². The number of fused-ring (bicyclic) bond motifs is 1. The minimum absolute atomic E-state index is 0.0557. The fourth-order valence-electron chi connectivity index (χ4n) is 7.67. The molecule has 8 N–H and O–H groups in total. The quantitative estimate of drug-likeness (QED) is 0.0663. The predicted molar refractivity (Wildman–Crippen MR) is 231 cm³/mol. The number of nitrogens with two attached hydrogens (primary N) is 1. The number of urea groups is 2. The third-order valence-electron chi connectivity index (χ3n) is 10.9. The lowest BCUT2D eigenvalue weighted by Crippen LogP contribution is -2.52. The molecule has 2 aliphatic heterocycles. The molecule has 4 heterocycles. The van der Waals surface area contributed by atoms with E-state index in [-0.39, 0.29) is 34.5 Å². The number of amidine groups is 1. The molecule has 3 aromatic carbocycles. The van der Waals surface area contributed by atoms with Crippen LogP contribution < -0.4 is 21.3 Å². The van der Waals surface area contributed by atoms with Crippen molar-refractivity contribution in [3.05, 3.63) is 130 Å². The number of aromatic hydroxyl groups is 2. The van der Waals surface area contributed by atoms with Gasteiger partial charge in [-0.05, 0) is 97.0 Å². The van der Waals surface area contributed by atoms with Gasteiger partial charge in [0.25, 0.3) is 5.91 Å². The van der Waals surface area contributed by atoms with Gasteiger partial charge in [-0.1, -0.05) is 32.0 Å². The topological polar surface area (TPSA) is 225 Å². The van der Waals surface area contributed by atoms with Gasteiger partial charge in [0.1, 0.15) is 17.3 Å². The highest BCUT2D eigenvalue weighted by Gasteiger charge is 2.27. The number of nitrogens with one attached hydrogen (secondary N) is 4. The van der Waals surface area contributed by atoms with Crippen LogP contribution in [0.3, 0.4) is 0 Å². The summed E-state index contributed by atoms with van der Waals surface area (Å²) in [5.74, 6) is -1.42. The average molecular weight is 809 g/mol. The molecule has 2 fully saturated rings. The Labute approximate surface area is 347 Å². The maximum absolute atomic E-state index is 13.6. The lowest BCUT2D eigenvalue weighted by Gasteiger charge is -2.34. The van der Waals surface area contributed by atoms with E-state index in [0.717, 1.165) is 52.9 Å². The van der Waals surface area contributed by atoms with Gasteiger partial charge in [0.15, 0.2) is 0 Å². The molecule has 0 aliphatic carbocycles. The zero-order valence-electron chi connectivity index (χ0n) is 33.7. The number of amides is 5. The molecular formula is C45H48N10O5. The van der Waals surface area contributed by atoms with Crippen molar-refractivity contribution in [1.29, 1.82) is 10.8 Å². The van der Waals surface area contributed by atoms with E-state index in [1.54, 1.807) is 41.4 Å². The summed E-state index contributed by atoms with van der Waals surface area (Å²) in [5, 5.41) is 45.4. The number of primary amides is 1. The first-order chi connectivity index (χ1) is 28.8. The van der Waals surface area contributed by atoms with E-state index in [1.807, 2.05) is 57.2 Å². The first-order valence-corrected chi connectivity index (χ1v) is 19.8. The van der Waals surface area contributed by atoms with E-state index < -0.39 is 18.0 Å². The SMILES string of the molecule is Cc1cccc(C(=N)/C(=C2/CCCN2)c2ccnc3ccc(C(=O)NC(=O)N4CCN(Cc5ccc(N(C(=N)c6cc(C(C)C)c(O)cc6O)C(N)=O)cc5)CC4)cc23)n1. The molecule has 60 heavy (non-hydrogen) atoms. The Bertz CT molecular complexity index is 2540. The van der Waals surface area contributed by atoms with E-state index in [0.29, 0.717) is 71.7 Å². The molecule has 7 rings (SSSR count). The van der Waals surface area contributed by atoms with Crippen molar-refractivity contribution < 1.29 is 24.6 Å². The second-order valence-electron chi connectivity index (χ2n) is 15.3. The number of hydrogen-bond acceptors (Lipinski definition) is 11. The number of carbonyl (C=O) groups is 3. The molecule has 0 radical (unpaired) electrons. The smallest absolute Gasteiger partial charge is 0.325 e. The Morgan fingerprint density at radius 3 is 2.35 bits per heavy atom. The minimum Gasteiger partial charge on any atom is -0.508 e. The summed E-state index contributed by atoms with van der Waals surface area (Å²) >= 11 is 0. The molecule has 0 atom stereocenters. The highest BCUT2D eigenvalue weighted by Crippen LogP contribution is 2.34. The van der Waals surface area contributed by atoms with Crippen molar-refractivity contribution in [2.24, 2.45) is 5.73 Å². The van der Waals surface area contributed by atoms with Crippen LogP contribution in [0.5, 0.6) is 11.5 Å². The summed E-state index contributed by atoms with van der Waals surface area (Å²) in [6.45, 7) is 8.87. The van der Waals surface area contributed by atoms with Crippen LogP contribution in [0.2, 0.25) is 0 Å². The van der Waals surface area contributed by atoms with Gasteiger partial charge in [0, 0.05) is 79.4 Å². The van der Waals surface area contributed by atoms with Crippen LogP contribution in [0.15, 0.2) is 90.8 Å². The molecule has 15 nitrogen and oxygen atoms in total. The predicted octanol–water partition coefficient (Wildman–Crippen LogP) is 6.21. The summed E-state index contributed by atoms with van der Waals surface area (Å²) in [6, 6.07) is 20.8. The van der Waals surface area contributed by atoms with Gasteiger partial charge in [0.2, 0.25) is 0 Å². The number of imide groups is 1. The molecule has 0 spiro atoms. The normalized spacial score (nSPS) is 15.1. The highest BCUT2D eigenvalue weighted by atomic mass is 16.3. The Hall–Kier alpha value is -7.13. The van der Waals surface area contributed by atoms with Gasteiger partial charge >= 0.3 is 12.1 Å². The minimum atomic E-state index is -0.904. The Morgan fingerprint density at radius 2 is 1.68 bits per heavy atom. The number of anilines is 1. The summed E-state index contributed by atoms with van der Waals surface area (Å²) in [4.78, 5) is 53.4. The number of pyridine rings is 2. The first-order valence-electron chi connectivity index (χ1n) is 19.8. The van der Waals surface area contributed by atoms with E-state index in [9.17, 15) is 30.0 Å². The summed E-state index contributed by atoms with van der Waals surface area (Å²) in [5.41, 5.74) is 12.5. The molecule has 2 aliphatic rings. The number of aromatic nitrogens is 2. The monoisotopic (exact) mass is 808 g/mol. The van der Waals surface area contributed by atoms with Crippen molar-refractivity contribution in [3.63, 3.8) is 0 Å². The zero-order valence-corrected chi connectivity index (χ0v) is 33.7. The third-order valence-corrected chi connectivity index (χ3v) is 10.9. The van der Waals surface area contributed by atoms with Gasteiger partial charge in [-0.25, -0.2) is 14.5 Å². The molecule has 15 heteroatoms. The second-order valence-corrected chi connectivity index (χ2v) is 15.3. The summed E-state index contributed by atoms with van der Waals surface area (Å²) in [6.07, 6.45) is 3.41. The molecule has 5 aromatic rings.